The van der Waals surface area contributed by atoms with Crippen LogP contribution < -0.4 is 10.2 Å². The van der Waals surface area contributed by atoms with Crippen molar-refractivity contribution >= 4 is 33.1 Å². The summed E-state index contributed by atoms with van der Waals surface area (Å²) in [5.74, 6) is -6.52. The Labute approximate surface area is 290 Å². The number of halogens is 3. The van der Waals surface area contributed by atoms with Crippen molar-refractivity contribution in [3.63, 3.8) is 0 Å². The molecule has 1 unspecified atom stereocenters. The number of likely N-dealkylation sites (tertiary alicyclic amines) is 1. The van der Waals surface area contributed by atoms with E-state index >= 15 is 4.39 Å². The fourth-order valence-corrected chi connectivity index (χ4v) is 8.01. The van der Waals surface area contributed by atoms with Crippen molar-refractivity contribution in [1.82, 2.24) is 20.4 Å². The number of hydrogen-bond donors (Lipinski definition) is 1. The average Bonchev–Trinajstić information content (AvgIpc) is 3.67. The van der Waals surface area contributed by atoms with Gasteiger partial charge in [-0.3, -0.25) is 9.69 Å². The number of alkyl carbamates (subject to hydrolysis) is 1. The fourth-order valence-electron chi connectivity index (χ4n) is 6.40. The Balaban J connectivity index is 0.00000504. The van der Waals surface area contributed by atoms with Crippen LogP contribution in [-0.4, -0.2) is 78.9 Å². The predicted octanol–water partition coefficient (Wildman–Crippen LogP) is 6.02. The lowest BCUT2D eigenvalue weighted by Crippen LogP contribution is -2.51. The lowest BCUT2D eigenvalue weighted by molar-refractivity contribution is -0.120. The zero-order valence-electron chi connectivity index (χ0n) is 28.6. The summed E-state index contributed by atoms with van der Waals surface area (Å²) in [6, 6.07) is 7.76. The molecule has 11 nitrogen and oxygen atoms in total. The lowest BCUT2D eigenvalue weighted by Gasteiger charge is -2.33. The summed E-state index contributed by atoms with van der Waals surface area (Å²) >= 11 is 0. The lowest BCUT2D eigenvalue weighted by atomic mass is 9.95. The molecule has 50 heavy (non-hydrogen) atoms. The number of likely N-dealkylation sites (N-methyl/N-ethyl adjacent to an activating group) is 1. The molecule has 1 radical (unpaired) electrons. The number of allylic oxidation sites excluding steroid dienone is 2. The predicted molar refractivity (Wildman–Crippen MR) is 181 cm³/mol. The monoisotopic (exact) mass is 716 g/mol. The molecule has 2 atom stereocenters. The van der Waals surface area contributed by atoms with E-state index in [0.717, 1.165) is 23.3 Å². The van der Waals surface area contributed by atoms with Crippen LogP contribution in [0.25, 0.3) is 17.0 Å². The maximum Gasteiger partial charge on any atom is 0.408 e. The first-order valence-electron chi connectivity index (χ1n) is 16.3. The van der Waals surface area contributed by atoms with Crippen LogP contribution in [0.3, 0.4) is 0 Å². The number of piperidine rings is 1. The van der Waals surface area contributed by atoms with Gasteiger partial charge in [-0.25, -0.2) is 26.4 Å². The number of fused-ring (bicyclic) bond motifs is 1. The highest BCUT2D eigenvalue weighted by Gasteiger charge is 2.43. The molecule has 269 valence electrons. The van der Waals surface area contributed by atoms with Crippen molar-refractivity contribution in [3.8, 4) is 11.4 Å². The number of rotatable bonds is 7. The van der Waals surface area contributed by atoms with Gasteiger partial charge < -0.3 is 19.5 Å². The molecule has 0 bridgehead atoms. The number of ether oxygens (including phenoxy) is 1. The van der Waals surface area contributed by atoms with Crippen LogP contribution in [0.4, 0.5) is 23.7 Å². The summed E-state index contributed by atoms with van der Waals surface area (Å²) in [7, 11) is -2.85. The van der Waals surface area contributed by atoms with E-state index in [1.54, 1.807) is 27.8 Å². The maximum absolute atomic E-state index is 15.8. The number of sulfone groups is 1. The van der Waals surface area contributed by atoms with E-state index in [4.69, 9.17) is 9.26 Å². The van der Waals surface area contributed by atoms with Crippen LogP contribution in [0, 0.1) is 18.2 Å². The second-order valence-electron chi connectivity index (χ2n) is 14.5. The van der Waals surface area contributed by atoms with Crippen molar-refractivity contribution in [3.05, 3.63) is 71.2 Å². The molecule has 2 aromatic carbocycles. The van der Waals surface area contributed by atoms with Crippen LogP contribution in [-0.2, 0) is 25.9 Å². The summed E-state index contributed by atoms with van der Waals surface area (Å²) in [5, 5.41) is 6.24. The first kappa shape index (κ1) is 35.6. The van der Waals surface area contributed by atoms with Crippen LogP contribution in [0.2, 0.25) is 0 Å². The van der Waals surface area contributed by atoms with E-state index in [-0.39, 0.29) is 37.5 Å². The average molecular weight is 717 g/mol. The molecular weight excluding hydrogens is 675 g/mol. The minimum absolute atomic E-state index is 0. The smallest absolute Gasteiger partial charge is 0.408 e. The number of aromatic nitrogens is 2. The molecule has 2 aliphatic heterocycles. The molecule has 15 heteroatoms. The van der Waals surface area contributed by atoms with Gasteiger partial charge >= 0.3 is 6.09 Å². The standard InChI is InChI=1S/C35H39F3N5O6S.H2/c1-19(2)23-11-24(23)21-9-7-20(8-10-21)15-43-28-12-25(30-40-31(49-41-30)22-14-35(37,38)18-42(6)16-22)26(36)13-29(28)50(46,47)17-27(32(43)44)39-33(45)48-34(3,4)5;/h7-13,19,22,27H,14-18H2,1-6H3,(H,39,45);1H/t22?,27-;/m0./s1. The third-order valence-corrected chi connectivity index (χ3v) is 10.5. The highest BCUT2D eigenvalue weighted by atomic mass is 32.2. The van der Waals surface area contributed by atoms with E-state index in [2.05, 4.69) is 35.7 Å². The van der Waals surface area contributed by atoms with Crippen molar-refractivity contribution in [2.75, 3.05) is 30.8 Å². The quantitative estimate of drug-likeness (QED) is 0.312. The Morgan fingerprint density at radius 1 is 1.20 bits per heavy atom. The maximum atomic E-state index is 15.8. The van der Waals surface area contributed by atoms with E-state index in [1.165, 1.54) is 15.4 Å². The molecular formula is C35H41F3N5O6S. The summed E-state index contributed by atoms with van der Waals surface area (Å²) < 4.78 is 82.6. The van der Waals surface area contributed by atoms with E-state index in [0.29, 0.717) is 11.5 Å². The molecule has 3 aliphatic rings. The Hall–Kier alpha value is -4.24. The molecule has 1 N–H and O–H groups in total. The number of nitrogens with one attached hydrogen (secondary N) is 1. The van der Waals surface area contributed by atoms with Gasteiger partial charge in [-0.15, -0.1) is 0 Å². The highest BCUT2D eigenvalue weighted by molar-refractivity contribution is 7.91. The zero-order valence-corrected chi connectivity index (χ0v) is 29.4. The Morgan fingerprint density at radius 3 is 2.52 bits per heavy atom. The molecule has 0 spiro atoms. The third-order valence-electron chi connectivity index (χ3n) is 8.68. The SMILES string of the molecule is CC(C)C1=C(c2ccc(CN3C(=O)[C@@H](NC(=O)OC(C)(C)C)CS(=O)(=O)c4cc(F)c(-c5noc(C6CN(C)CC(F)(F)C6)n5)cc43)cc2)[CH]1.[HH]. The molecule has 3 aromatic rings. The van der Waals surface area contributed by atoms with Crippen molar-refractivity contribution < 1.29 is 41.9 Å². The van der Waals surface area contributed by atoms with Crippen molar-refractivity contribution in [2.45, 2.75) is 76.0 Å². The van der Waals surface area contributed by atoms with Gasteiger partial charge in [0.25, 0.3) is 11.8 Å². The number of nitrogens with zero attached hydrogens (tertiary/aromatic N) is 4. The topological polar surface area (TPSA) is 135 Å². The second kappa shape index (κ2) is 12.8. The number of carbonyl (C=O) groups excluding carboxylic acids is 2. The zero-order chi connectivity index (χ0) is 36.3. The number of alkyl halides is 2. The molecule has 2 amide bonds. The Morgan fingerprint density at radius 2 is 1.90 bits per heavy atom. The summed E-state index contributed by atoms with van der Waals surface area (Å²) in [6.45, 7) is 8.71. The van der Waals surface area contributed by atoms with E-state index in [9.17, 15) is 26.8 Å². The summed E-state index contributed by atoms with van der Waals surface area (Å²) in [5.41, 5.74) is 2.61. The van der Waals surface area contributed by atoms with Crippen LogP contribution in [0.1, 0.15) is 65.4 Å². The van der Waals surface area contributed by atoms with Gasteiger partial charge in [0.05, 0.1) is 40.9 Å². The van der Waals surface area contributed by atoms with Crippen LogP contribution in [0.15, 0.2) is 51.4 Å². The molecule has 6 rings (SSSR count). The first-order chi connectivity index (χ1) is 23.3. The van der Waals surface area contributed by atoms with Gasteiger partial charge in [0.1, 0.15) is 17.5 Å². The molecule has 3 heterocycles. The normalized spacial score (nSPS) is 22.0. The van der Waals surface area contributed by atoms with Gasteiger partial charge in [-0.05, 0) is 62.6 Å². The Bertz CT molecular complexity index is 1980. The van der Waals surface area contributed by atoms with Crippen molar-refractivity contribution in [1.29, 1.82) is 0 Å². The highest BCUT2D eigenvalue weighted by Crippen LogP contribution is 2.43. The number of anilines is 1. The van der Waals surface area contributed by atoms with Gasteiger partial charge in [-0.1, -0.05) is 48.8 Å². The number of benzene rings is 2. The van der Waals surface area contributed by atoms with Crippen molar-refractivity contribution in [2.24, 2.45) is 5.92 Å². The Kier molecular flexibility index (Phi) is 9.12. The number of hydrogen-bond acceptors (Lipinski definition) is 9. The van der Waals surface area contributed by atoms with Crippen LogP contribution in [0.5, 0.6) is 0 Å². The fraction of sp³-hybridized carbons (Fsp3) is 0.457. The second-order valence-corrected chi connectivity index (χ2v) is 16.5. The minimum Gasteiger partial charge on any atom is -0.444 e. The number of amides is 2. The summed E-state index contributed by atoms with van der Waals surface area (Å²) in [4.78, 5) is 33.3. The third kappa shape index (κ3) is 7.58. The molecule has 1 saturated heterocycles. The molecule has 1 aromatic heterocycles. The largest absolute Gasteiger partial charge is 0.444 e. The molecule has 1 fully saturated rings. The molecule has 0 saturated carbocycles. The minimum atomic E-state index is -4.39. The van der Waals surface area contributed by atoms with Gasteiger partial charge in [-0.2, -0.15) is 4.98 Å². The van der Waals surface area contributed by atoms with Gasteiger partial charge in [0, 0.05) is 20.8 Å². The van der Waals surface area contributed by atoms with E-state index < -0.39 is 74.8 Å². The summed E-state index contributed by atoms with van der Waals surface area (Å²) in [6.07, 6.45) is 0.565. The van der Waals surface area contributed by atoms with E-state index in [1.807, 2.05) is 24.3 Å². The van der Waals surface area contributed by atoms with Crippen LogP contribution >= 0.6 is 0 Å². The molecule has 1 aliphatic carbocycles. The first-order valence-corrected chi connectivity index (χ1v) is 17.9. The number of carbonyl (C=O) groups is 2. The van der Waals surface area contributed by atoms with Gasteiger partial charge in [0.2, 0.25) is 11.7 Å². The van der Waals surface area contributed by atoms with Gasteiger partial charge in [0.15, 0.2) is 9.84 Å².